The Hall–Kier alpha value is -5.66. The molecule has 0 fully saturated rings. The Morgan fingerprint density at radius 3 is 1.53 bits per heavy atom. The van der Waals surface area contributed by atoms with Gasteiger partial charge in [-0.15, -0.1) is 0 Å². The molecule has 0 spiro atoms. The van der Waals surface area contributed by atoms with Crippen molar-refractivity contribution in [1.29, 1.82) is 0 Å². The van der Waals surface area contributed by atoms with E-state index < -0.39 is 0 Å². The van der Waals surface area contributed by atoms with Crippen molar-refractivity contribution in [2.45, 2.75) is 0 Å². The number of hydrogen-bond donors (Lipinski definition) is 0. The summed E-state index contributed by atoms with van der Waals surface area (Å²) in [6.07, 6.45) is 0. The molecule has 1 nitrogen and oxygen atoms in total. The molecule has 1 heterocycles. The van der Waals surface area contributed by atoms with E-state index in [1.165, 1.54) is 65.5 Å². The van der Waals surface area contributed by atoms with Crippen LogP contribution in [0.1, 0.15) is 0 Å². The van der Waals surface area contributed by atoms with Crippen LogP contribution >= 0.6 is 0 Å². The fourth-order valence-electron chi connectivity index (χ4n) is 6.92. The van der Waals surface area contributed by atoms with Gasteiger partial charge in [0.25, 0.3) is 0 Å². The summed E-state index contributed by atoms with van der Waals surface area (Å²) in [4.78, 5) is 0. The smallest absolute Gasteiger partial charge is 0.136 e. The molecule has 43 heavy (non-hydrogen) atoms. The molecule has 0 N–H and O–H groups in total. The lowest BCUT2D eigenvalue weighted by Gasteiger charge is -2.18. The van der Waals surface area contributed by atoms with Crippen LogP contribution in [0.3, 0.4) is 0 Å². The minimum absolute atomic E-state index is 0.913. The van der Waals surface area contributed by atoms with Crippen molar-refractivity contribution in [3.8, 4) is 33.4 Å². The zero-order valence-corrected chi connectivity index (χ0v) is 23.4. The van der Waals surface area contributed by atoms with Crippen LogP contribution in [0.15, 0.2) is 162 Å². The summed E-state index contributed by atoms with van der Waals surface area (Å²) in [6, 6.07) is 56.8. The van der Waals surface area contributed by atoms with E-state index in [-0.39, 0.29) is 0 Å². The highest BCUT2D eigenvalue weighted by Gasteiger charge is 2.18. The summed E-state index contributed by atoms with van der Waals surface area (Å²) in [5.74, 6) is 0. The van der Waals surface area contributed by atoms with Gasteiger partial charge in [0.2, 0.25) is 0 Å². The second-order valence-electron chi connectivity index (χ2n) is 11.3. The zero-order chi connectivity index (χ0) is 28.3. The molecule has 0 aliphatic carbocycles. The van der Waals surface area contributed by atoms with Crippen LogP contribution in [0.25, 0.3) is 87.6 Å². The minimum Gasteiger partial charge on any atom is -0.456 e. The Bertz CT molecular complexity index is 2480. The predicted octanol–water partition coefficient (Wildman–Crippen LogP) is 12.0. The second-order valence-corrected chi connectivity index (χ2v) is 11.3. The summed E-state index contributed by atoms with van der Waals surface area (Å²) >= 11 is 0. The molecule has 1 heteroatoms. The summed E-state index contributed by atoms with van der Waals surface area (Å²) in [6.45, 7) is 0. The third-order valence-electron chi connectivity index (χ3n) is 8.84. The van der Waals surface area contributed by atoms with Crippen LogP contribution in [0.2, 0.25) is 0 Å². The first-order chi connectivity index (χ1) is 21.3. The van der Waals surface area contributed by atoms with E-state index in [0.29, 0.717) is 0 Å². The molecule has 0 radical (unpaired) electrons. The van der Waals surface area contributed by atoms with Crippen LogP contribution in [-0.2, 0) is 0 Å². The van der Waals surface area contributed by atoms with Crippen molar-refractivity contribution in [2.75, 3.05) is 0 Å². The molecule has 0 aliphatic heterocycles. The number of rotatable bonds is 3. The van der Waals surface area contributed by atoms with Gasteiger partial charge in [0, 0.05) is 10.8 Å². The third kappa shape index (κ3) is 3.72. The van der Waals surface area contributed by atoms with Gasteiger partial charge >= 0.3 is 0 Å². The Morgan fingerprint density at radius 1 is 0.302 bits per heavy atom. The fourth-order valence-corrected chi connectivity index (χ4v) is 6.92. The van der Waals surface area contributed by atoms with E-state index in [2.05, 4.69) is 158 Å². The van der Waals surface area contributed by atoms with Gasteiger partial charge in [0.15, 0.2) is 0 Å². The van der Waals surface area contributed by atoms with Gasteiger partial charge in [-0.3, -0.25) is 0 Å². The number of fused-ring (bicyclic) bond motifs is 7. The Balaban J connectivity index is 1.33. The average Bonchev–Trinajstić information content (AvgIpc) is 3.46. The normalized spacial score (nSPS) is 11.7. The van der Waals surface area contributed by atoms with E-state index in [0.717, 1.165) is 22.1 Å². The highest BCUT2D eigenvalue weighted by atomic mass is 16.3. The van der Waals surface area contributed by atoms with Gasteiger partial charge in [-0.1, -0.05) is 133 Å². The van der Waals surface area contributed by atoms with E-state index in [4.69, 9.17) is 4.42 Å². The second kappa shape index (κ2) is 9.44. The van der Waals surface area contributed by atoms with Crippen molar-refractivity contribution in [1.82, 2.24) is 0 Å². The van der Waals surface area contributed by atoms with E-state index in [1.54, 1.807) is 0 Å². The van der Waals surface area contributed by atoms with Crippen molar-refractivity contribution < 1.29 is 4.42 Å². The first-order valence-electron chi connectivity index (χ1n) is 14.8. The van der Waals surface area contributed by atoms with Crippen LogP contribution in [0, 0.1) is 0 Å². The quantitative estimate of drug-likeness (QED) is 0.201. The molecule has 0 saturated heterocycles. The monoisotopic (exact) mass is 546 g/mol. The lowest BCUT2D eigenvalue weighted by molar-refractivity contribution is 0.669. The molecule has 9 aromatic rings. The molecule has 9 rings (SSSR count). The predicted molar refractivity (Wildman–Crippen MR) is 183 cm³/mol. The summed E-state index contributed by atoms with van der Waals surface area (Å²) < 4.78 is 6.44. The SMILES string of the molecule is c1ccc(-c2c3ccccc3c(-c3ccccc3)c3cc(-c4ccc5c(c4)oc4ccc6ccccc6c45)ccc23)cc1. The lowest BCUT2D eigenvalue weighted by atomic mass is 9.85. The van der Waals surface area contributed by atoms with E-state index >= 15 is 0 Å². The van der Waals surface area contributed by atoms with Crippen molar-refractivity contribution in [3.05, 3.63) is 158 Å². The van der Waals surface area contributed by atoms with Gasteiger partial charge in [0.1, 0.15) is 11.2 Å². The Kier molecular flexibility index (Phi) is 5.27. The summed E-state index contributed by atoms with van der Waals surface area (Å²) in [5.41, 5.74) is 9.15. The maximum atomic E-state index is 6.44. The van der Waals surface area contributed by atoms with Crippen molar-refractivity contribution in [2.24, 2.45) is 0 Å². The highest BCUT2D eigenvalue weighted by Crippen LogP contribution is 2.45. The topological polar surface area (TPSA) is 13.1 Å². The highest BCUT2D eigenvalue weighted by molar-refractivity contribution is 6.22. The molecule has 0 aliphatic rings. The van der Waals surface area contributed by atoms with E-state index in [9.17, 15) is 0 Å². The lowest BCUT2D eigenvalue weighted by Crippen LogP contribution is -1.91. The number of benzene rings is 8. The first kappa shape index (κ1) is 24.0. The van der Waals surface area contributed by atoms with Gasteiger partial charge in [-0.05, 0) is 90.0 Å². The Labute approximate surface area is 249 Å². The molecule has 0 amide bonds. The van der Waals surface area contributed by atoms with Crippen molar-refractivity contribution >= 4 is 54.3 Å². The third-order valence-corrected chi connectivity index (χ3v) is 8.84. The minimum atomic E-state index is 0.913. The molecule has 1 aromatic heterocycles. The summed E-state index contributed by atoms with van der Waals surface area (Å²) in [7, 11) is 0. The number of hydrogen-bond acceptors (Lipinski definition) is 1. The average molecular weight is 547 g/mol. The number of furan rings is 1. The molecule has 0 bridgehead atoms. The van der Waals surface area contributed by atoms with Gasteiger partial charge < -0.3 is 4.42 Å². The van der Waals surface area contributed by atoms with Crippen LogP contribution in [0.4, 0.5) is 0 Å². The Morgan fingerprint density at radius 2 is 0.837 bits per heavy atom. The van der Waals surface area contributed by atoms with E-state index in [1.807, 2.05) is 0 Å². The molecule has 0 atom stereocenters. The fraction of sp³-hybridized carbons (Fsp3) is 0. The van der Waals surface area contributed by atoms with Gasteiger partial charge in [-0.25, -0.2) is 0 Å². The van der Waals surface area contributed by atoms with Crippen molar-refractivity contribution in [3.63, 3.8) is 0 Å². The van der Waals surface area contributed by atoms with Crippen LogP contribution < -0.4 is 0 Å². The van der Waals surface area contributed by atoms with Crippen LogP contribution in [-0.4, -0.2) is 0 Å². The molecular weight excluding hydrogens is 520 g/mol. The maximum absolute atomic E-state index is 6.44. The molecule has 0 unspecified atom stereocenters. The molecule has 0 saturated carbocycles. The first-order valence-corrected chi connectivity index (χ1v) is 14.8. The maximum Gasteiger partial charge on any atom is 0.136 e. The van der Waals surface area contributed by atoms with Gasteiger partial charge in [-0.2, -0.15) is 0 Å². The summed E-state index contributed by atoms with van der Waals surface area (Å²) in [5, 5.41) is 9.82. The molecule has 8 aromatic carbocycles. The van der Waals surface area contributed by atoms with Gasteiger partial charge in [0.05, 0.1) is 0 Å². The standard InChI is InChI=1S/C42H26O/c1-3-12-28(13-4-1)40-33-17-9-10-18-34(33)41(29-14-5-2-6-15-29)37-25-30(19-22-35(37)40)31-20-23-36-39(26-31)43-38-24-21-27-11-7-8-16-32(27)42(36)38/h1-26H. The molecule has 200 valence electrons. The largest absolute Gasteiger partial charge is 0.456 e. The van der Waals surface area contributed by atoms with Crippen LogP contribution in [0.5, 0.6) is 0 Å². The zero-order valence-electron chi connectivity index (χ0n) is 23.4. The molecular formula is C42H26O.